The summed E-state index contributed by atoms with van der Waals surface area (Å²) in [7, 11) is 0. The summed E-state index contributed by atoms with van der Waals surface area (Å²) in [5.41, 5.74) is -0.100. The molecule has 0 aliphatic carbocycles. The minimum Gasteiger partial charge on any atom is -0.444 e. The number of hydrogen-bond donors (Lipinski definition) is 2. The van der Waals surface area contributed by atoms with E-state index >= 15 is 0 Å². The fourth-order valence-corrected chi connectivity index (χ4v) is 1.42. The second-order valence-corrected chi connectivity index (χ2v) is 3.69. The minimum atomic E-state index is -0.371. The van der Waals surface area contributed by atoms with Gasteiger partial charge in [0.1, 0.15) is 11.5 Å². The first-order valence-electron chi connectivity index (χ1n) is 5.60. The lowest BCUT2D eigenvalue weighted by molar-refractivity contribution is 0.0942. The van der Waals surface area contributed by atoms with Gasteiger partial charge in [-0.15, -0.1) is 0 Å². The van der Waals surface area contributed by atoms with E-state index in [0.29, 0.717) is 5.89 Å². The Morgan fingerprint density at radius 2 is 2.33 bits per heavy atom. The van der Waals surface area contributed by atoms with Gasteiger partial charge in [-0.3, -0.25) is 9.59 Å². The van der Waals surface area contributed by atoms with Gasteiger partial charge in [-0.1, -0.05) is 13.0 Å². The van der Waals surface area contributed by atoms with Crippen molar-refractivity contribution in [1.29, 1.82) is 0 Å². The number of H-pyrrole nitrogens is 1. The summed E-state index contributed by atoms with van der Waals surface area (Å²) >= 11 is 0. The van der Waals surface area contributed by atoms with Gasteiger partial charge in [0.15, 0.2) is 0 Å². The predicted molar refractivity (Wildman–Crippen MR) is 64.1 cm³/mol. The Kier molecular flexibility index (Phi) is 3.57. The first-order valence-corrected chi connectivity index (χ1v) is 5.60. The lowest BCUT2D eigenvalue weighted by atomic mass is 10.3. The number of aryl methyl sites for hydroxylation is 1. The van der Waals surface area contributed by atoms with Gasteiger partial charge in [0.05, 0.1) is 12.7 Å². The Morgan fingerprint density at radius 3 is 3.00 bits per heavy atom. The second kappa shape index (κ2) is 5.31. The van der Waals surface area contributed by atoms with Gasteiger partial charge in [-0.2, -0.15) is 0 Å². The number of aromatic nitrogens is 2. The highest BCUT2D eigenvalue weighted by Crippen LogP contribution is 2.03. The quantitative estimate of drug-likeness (QED) is 0.838. The zero-order chi connectivity index (χ0) is 13.0. The van der Waals surface area contributed by atoms with Gasteiger partial charge < -0.3 is 14.7 Å². The molecule has 0 aliphatic heterocycles. The molecule has 0 aromatic carbocycles. The van der Waals surface area contributed by atoms with Gasteiger partial charge in [-0.25, -0.2) is 4.98 Å². The number of hydrogen-bond acceptors (Lipinski definition) is 4. The molecule has 0 aliphatic rings. The molecule has 0 fully saturated rings. The van der Waals surface area contributed by atoms with Gasteiger partial charge in [0.2, 0.25) is 11.4 Å². The molecule has 2 rings (SSSR count). The lowest BCUT2D eigenvalue weighted by Gasteiger charge is -2.01. The van der Waals surface area contributed by atoms with Crippen molar-refractivity contribution in [1.82, 2.24) is 15.3 Å². The van der Waals surface area contributed by atoms with Gasteiger partial charge in [0.25, 0.3) is 5.91 Å². The average Bonchev–Trinajstić information content (AvgIpc) is 2.84. The van der Waals surface area contributed by atoms with Gasteiger partial charge in [0, 0.05) is 12.5 Å². The summed E-state index contributed by atoms with van der Waals surface area (Å²) < 4.78 is 5.35. The van der Waals surface area contributed by atoms with Crippen LogP contribution in [-0.4, -0.2) is 15.9 Å². The molecule has 0 spiro atoms. The van der Waals surface area contributed by atoms with Crippen LogP contribution in [0.25, 0.3) is 0 Å². The third kappa shape index (κ3) is 2.85. The molecule has 0 radical (unpaired) electrons. The van der Waals surface area contributed by atoms with Gasteiger partial charge in [-0.05, 0) is 6.07 Å². The largest absolute Gasteiger partial charge is 0.444 e. The fourth-order valence-electron chi connectivity index (χ4n) is 1.42. The number of nitrogens with one attached hydrogen (secondary N) is 2. The smallest absolute Gasteiger partial charge is 0.268 e. The van der Waals surface area contributed by atoms with E-state index in [1.807, 2.05) is 6.92 Å². The summed E-state index contributed by atoms with van der Waals surface area (Å²) in [6, 6.07) is 4.40. The molecule has 0 bridgehead atoms. The Balaban J connectivity index is 1.98. The molecule has 2 aromatic rings. The number of rotatable bonds is 4. The number of nitrogens with zero attached hydrogens (tertiary/aromatic N) is 1. The lowest BCUT2D eigenvalue weighted by Crippen LogP contribution is -2.25. The van der Waals surface area contributed by atoms with E-state index in [1.165, 1.54) is 18.2 Å². The van der Waals surface area contributed by atoms with E-state index < -0.39 is 0 Å². The Labute approximate surface area is 103 Å². The Hall–Kier alpha value is -2.37. The first-order chi connectivity index (χ1) is 8.69. The first kappa shape index (κ1) is 12.1. The maximum atomic E-state index is 11.7. The average molecular weight is 247 g/mol. The molecule has 1 amide bonds. The van der Waals surface area contributed by atoms with Crippen LogP contribution >= 0.6 is 0 Å². The van der Waals surface area contributed by atoms with E-state index in [9.17, 15) is 9.59 Å². The summed E-state index contributed by atoms with van der Waals surface area (Å²) in [6.45, 7) is 2.15. The molecule has 6 nitrogen and oxygen atoms in total. The van der Waals surface area contributed by atoms with Crippen LogP contribution in [0.15, 0.2) is 33.6 Å². The van der Waals surface area contributed by atoms with Gasteiger partial charge >= 0.3 is 0 Å². The van der Waals surface area contributed by atoms with Crippen molar-refractivity contribution in [2.24, 2.45) is 0 Å². The molecule has 0 saturated heterocycles. The number of aromatic amines is 1. The van der Waals surface area contributed by atoms with E-state index in [4.69, 9.17) is 4.42 Å². The van der Waals surface area contributed by atoms with Crippen LogP contribution in [0.2, 0.25) is 0 Å². The van der Waals surface area contributed by atoms with Crippen LogP contribution in [0.4, 0.5) is 0 Å². The van der Waals surface area contributed by atoms with Crippen molar-refractivity contribution in [3.05, 3.63) is 52.1 Å². The summed E-state index contributed by atoms with van der Waals surface area (Å²) in [6.07, 6.45) is 2.39. The number of amides is 1. The Morgan fingerprint density at radius 1 is 1.50 bits per heavy atom. The molecule has 18 heavy (non-hydrogen) atoms. The maximum absolute atomic E-state index is 11.7. The second-order valence-electron chi connectivity index (χ2n) is 3.69. The molecule has 0 atom stereocenters. The highest BCUT2D eigenvalue weighted by Gasteiger charge is 2.08. The summed E-state index contributed by atoms with van der Waals surface area (Å²) in [4.78, 5) is 29.2. The Bertz CT molecular complexity index is 600. The number of carbonyl (C=O) groups is 1. The zero-order valence-electron chi connectivity index (χ0n) is 9.90. The summed E-state index contributed by atoms with van der Waals surface area (Å²) in [5.74, 6) is 0.842. The molecule has 0 unspecified atom stereocenters. The molecule has 6 heteroatoms. The zero-order valence-corrected chi connectivity index (χ0v) is 9.90. The van der Waals surface area contributed by atoms with E-state index in [-0.39, 0.29) is 23.7 Å². The van der Waals surface area contributed by atoms with Crippen molar-refractivity contribution < 1.29 is 9.21 Å². The third-order valence-electron chi connectivity index (χ3n) is 2.36. The molecule has 0 saturated carbocycles. The number of pyridine rings is 1. The van der Waals surface area contributed by atoms with Crippen LogP contribution in [-0.2, 0) is 13.0 Å². The van der Waals surface area contributed by atoms with E-state index in [0.717, 1.165) is 12.2 Å². The maximum Gasteiger partial charge on any atom is 0.268 e. The molecule has 2 N–H and O–H groups in total. The molecular formula is C12H13N3O3. The van der Waals surface area contributed by atoms with Crippen LogP contribution in [0.1, 0.15) is 29.1 Å². The van der Waals surface area contributed by atoms with Crippen LogP contribution in [0, 0.1) is 0 Å². The van der Waals surface area contributed by atoms with Crippen molar-refractivity contribution in [3.63, 3.8) is 0 Å². The van der Waals surface area contributed by atoms with Crippen molar-refractivity contribution in [2.75, 3.05) is 0 Å². The highest BCUT2D eigenvalue weighted by molar-refractivity contribution is 5.91. The number of carbonyl (C=O) groups excluding carboxylic acids is 1. The normalized spacial score (nSPS) is 10.3. The predicted octanol–water partition coefficient (Wildman–Crippen LogP) is 0.855. The van der Waals surface area contributed by atoms with Crippen LogP contribution in [0.3, 0.4) is 0 Å². The van der Waals surface area contributed by atoms with E-state index in [2.05, 4.69) is 15.3 Å². The third-order valence-corrected chi connectivity index (χ3v) is 2.36. The fraction of sp³-hybridized carbons (Fsp3) is 0.250. The minimum absolute atomic E-state index is 0.190. The van der Waals surface area contributed by atoms with Crippen LogP contribution in [0.5, 0.6) is 0 Å². The van der Waals surface area contributed by atoms with E-state index in [1.54, 1.807) is 6.20 Å². The molecule has 94 valence electrons. The van der Waals surface area contributed by atoms with Crippen molar-refractivity contribution in [2.45, 2.75) is 19.9 Å². The molecule has 2 heterocycles. The van der Waals surface area contributed by atoms with Crippen LogP contribution < -0.4 is 10.9 Å². The van der Waals surface area contributed by atoms with Crippen molar-refractivity contribution >= 4 is 5.91 Å². The molecular weight excluding hydrogens is 234 g/mol. The SMILES string of the molecule is CCc1cnc(CNC(=O)c2cccc(=O)[nH]2)o1. The number of oxazole rings is 1. The summed E-state index contributed by atoms with van der Waals surface area (Å²) in [5, 5.41) is 2.61. The molecule has 2 aromatic heterocycles. The highest BCUT2D eigenvalue weighted by atomic mass is 16.4. The van der Waals surface area contributed by atoms with Crippen molar-refractivity contribution in [3.8, 4) is 0 Å². The topological polar surface area (TPSA) is 88.0 Å². The standard InChI is InChI=1S/C12H13N3O3/c1-2-8-6-13-11(18-8)7-14-12(17)9-4-3-5-10(16)15-9/h3-6H,2,7H2,1H3,(H,14,17)(H,15,16). The monoisotopic (exact) mass is 247 g/mol.